The fraction of sp³-hybridized carbons (Fsp3) is 0.143. The second kappa shape index (κ2) is 10.3. The fourth-order valence-electron chi connectivity index (χ4n) is 2.53. The lowest BCUT2D eigenvalue weighted by Gasteiger charge is -2.11. The summed E-state index contributed by atoms with van der Waals surface area (Å²) in [5, 5.41) is 10.3. The highest BCUT2D eigenvalue weighted by atomic mass is 32.1. The van der Waals surface area contributed by atoms with Gasteiger partial charge in [0.1, 0.15) is 4.88 Å². The minimum Gasteiger partial charge on any atom is -0.332 e. The lowest BCUT2D eigenvalue weighted by molar-refractivity contribution is 0.0947. The first-order valence-electron chi connectivity index (χ1n) is 9.36. The van der Waals surface area contributed by atoms with E-state index in [1.807, 2.05) is 62.4 Å². The Morgan fingerprint density at radius 2 is 1.29 bits per heavy atom. The van der Waals surface area contributed by atoms with Crippen LogP contribution in [-0.4, -0.2) is 21.1 Å². The van der Waals surface area contributed by atoms with Gasteiger partial charge < -0.3 is 16.0 Å². The second-order valence-corrected chi connectivity index (χ2v) is 8.59. The maximum Gasteiger partial charge on any atom is 0.281 e. The molecule has 160 valence electrons. The standard InChI is InChI=1S/C21H22N6OS3/c1-12-4-8-15(9-5-12)23-19(29)25-21-22-14(3)17(31-21)18(28)26-27-20(30)24-16-10-6-13(2)7-11-16/h4-11H,1-3H3,(H,26,28)(H2,24,27,30)(H2,22,23,25,29). The summed E-state index contributed by atoms with van der Waals surface area (Å²) in [4.78, 5) is 17.3. The van der Waals surface area contributed by atoms with Crippen molar-refractivity contribution < 1.29 is 4.79 Å². The number of benzene rings is 2. The van der Waals surface area contributed by atoms with Crippen LogP contribution >= 0.6 is 35.8 Å². The topological polar surface area (TPSA) is 90.1 Å². The molecule has 0 fully saturated rings. The van der Waals surface area contributed by atoms with E-state index >= 15 is 0 Å². The Balaban J connectivity index is 1.52. The van der Waals surface area contributed by atoms with Gasteiger partial charge in [-0.1, -0.05) is 46.7 Å². The fourth-order valence-corrected chi connectivity index (χ4v) is 3.84. The third-order valence-electron chi connectivity index (χ3n) is 4.13. The normalized spacial score (nSPS) is 10.2. The molecule has 10 heteroatoms. The number of nitrogens with zero attached hydrogens (tertiary/aromatic N) is 1. The Morgan fingerprint density at radius 1 is 0.774 bits per heavy atom. The number of thiocarbonyl (C=S) groups is 2. The van der Waals surface area contributed by atoms with Crippen molar-refractivity contribution >= 4 is 68.4 Å². The number of aryl methyl sites for hydroxylation is 3. The maximum atomic E-state index is 12.5. The largest absolute Gasteiger partial charge is 0.332 e. The number of rotatable bonds is 4. The smallest absolute Gasteiger partial charge is 0.281 e. The molecule has 3 rings (SSSR count). The molecule has 0 saturated heterocycles. The molecule has 1 amide bonds. The number of thiazole rings is 1. The number of anilines is 3. The third kappa shape index (κ3) is 6.71. The molecule has 1 heterocycles. The van der Waals surface area contributed by atoms with E-state index in [0.717, 1.165) is 22.5 Å². The lowest BCUT2D eigenvalue weighted by Crippen LogP contribution is -2.43. The number of carbonyl (C=O) groups is 1. The molecule has 0 aliphatic heterocycles. The van der Waals surface area contributed by atoms with E-state index in [-0.39, 0.29) is 11.0 Å². The Kier molecular flexibility index (Phi) is 7.50. The molecule has 3 aromatic rings. The van der Waals surface area contributed by atoms with Gasteiger partial charge in [0.15, 0.2) is 15.4 Å². The van der Waals surface area contributed by atoms with Crippen molar-refractivity contribution in [1.29, 1.82) is 0 Å². The highest BCUT2D eigenvalue weighted by Crippen LogP contribution is 2.22. The SMILES string of the molecule is Cc1ccc(NC(=S)NNC(=O)c2sc(NC(=S)Nc3ccc(C)cc3)nc2C)cc1. The first-order chi connectivity index (χ1) is 14.8. The van der Waals surface area contributed by atoms with Crippen LogP contribution in [0.4, 0.5) is 16.5 Å². The van der Waals surface area contributed by atoms with E-state index in [0.29, 0.717) is 20.8 Å². The van der Waals surface area contributed by atoms with E-state index in [2.05, 4.69) is 31.8 Å². The third-order valence-corrected chi connectivity index (χ3v) is 5.61. The molecule has 5 N–H and O–H groups in total. The van der Waals surface area contributed by atoms with Gasteiger partial charge in [-0.2, -0.15) is 0 Å². The number of carbonyl (C=O) groups excluding carboxylic acids is 1. The van der Waals surface area contributed by atoms with E-state index in [1.165, 1.54) is 11.3 Å². The van der Waals surface area contributed by atoms with Crippen LogP contribution in [0.1, 0.15) is 26.5 Å². The predicted molar refractivity (Wildman–Crippen MR) is 136 cm³/mol. The molecule has 0 saturated carbocycles. The number of hydrazine groups is 1. The first kappa shape index (κ1) is 22.6. The van der Waals surface area contributed by atoms with Crippen LogP contribution in [0.3, 0.4) is 0 Å². The average molecular weight is 471 g/mol. The highest BCUT2D eigenvalue weighted by Gasteiger charge is 2.16. The number of amides is 1. The van der Waals surface area contributed by atoms with Crippen molar-refractivity contribution in [3.05, 3.63) is 70.2 Å². The molecule has 0 unspecified atom stereocenters. The Bertz CT molecular complexity index is 1090. The maximum absolute atomic E-state index is 12.5. The van der Waals surface area contributed by atoms with Gasteiger partial charge in [-0.15, -0.1) is 0 Å². The molecule has 0 bridgehead atoms. The number of hydrogen-bond donors (Lipinski definition) is 5. The summed E-state index contributed by atoms with van der Waals surface area (Å²) in [5.74, 6) is -0.339. The summed E-state index contributed by atoms with van der Waals surface area (Å²) in [6.07, 6.45) is 0. The molecule has 0 atom stereocenters. The Hall–Kier alpha value is -3.08. The summed E-state index contributed by atoms with van der Waals surface area (Å²) in [6, 6.07) is 15.6. The number of aromatic nitrogens is 1. The van der Waals surface area contributed by atoms with Crippen LogP contribution in [0.2, 0.25) is 0 Å². The van der Waals surface area contributed by atoms with Crippen molar-refractivity contribution in [2.75, 3.05) is 16.0 Å². The zero-order valence-corrected chi connectivity index (χ0v) is 19.6. The summed E-state index contributed by atoms with van der Waals surface area (Å²) < 4.78 is 0. The summed E-state index contributed by atoms with van der Waals surface area (Å²) in [7, 11) is 0. The van der Waals surface area contributed by atoms with E-state index in [4.69, 9.17) is 24.4 Å². The monoisotopic (exact) mass is 470 g/mol. The molecule has 0 radical (unpaired) electrons. The molecular formula is C21H22N6OS3. The van der Waals surface area contributed by atoms with E-state index < -0.39 is 0 Å². The molecule has 0 spiro atoms. The van der Waals surface area contributed by atoms with Gasteiger partial charge in [0.25, 0.3) is 5.91 Å². The Labute approximate surface area is 195 Å². The van der Waals surface area contributed by atoms with Gasteiger partial charge in [-0.05, 0) is 69.5 Å². The first-order valence-corrected chi connectivity index (χ1v) is 11.0. The van der Waals surface area contributed by atoms with Crippen molar-refractivity contribution in [2.24, 2.45) is 0 Å². The van der Waals surface area contributed by atoms with E-state index in [1.54, 1.807) is 6.92 Å². The van der Waals surface area contributed by atoms with Crippen LogP contribution in [0, 0.1) is 20.8 Å². The number of nitrogens with one attached hydrogen (secondary N) is 5. The summed E-state index contributed by atoms with van der Waals surface area (Å²) in [5.41, 5.74) is 9.88. The molecular weight excluding hydrogens is 448 g/mol. The van der Waals surface area contributed by atoms with Gasteiger partial charge in [0, 0.05) is 11.4 Å². The summed E-state index contributed by atoms with van der Waals surface area (Å²) >= 11 is 11.7. The molecule has 2 aromatic carbocycles. The highest BCUT2D eigenvalue weighted by molar-refractivity contribution is 7.81. The number of hydrogen-bond acceptors (Lipinski definition) is 5. The van der Waals surface area contributed by atoms with Gasteiger partial charge in [0.05, 0.1) is 5.69 Å². The zero-order chi connectivity index (χ0) is 22.4. The van der Waals surface area contributed by atoms with Crippen molar-refractivity contribution in [2.45, 2.75) is 20.8 Å². The van der Waals surface area contributed by atoms with Crippen LogP contribution in [0.15, 0.2) is 48.5 Å². The van der Waals surface area contributed by atoms with Gasteiger partial charge >= 0.3 is 0 Å². The van der Waals surface area contributed by atoms with Crippen LogP contribution < -0.4 is 26.8 Å². The Morgan fingerprint density at radius 3 is 1.84 bits per heavy atom. The van der Waals surface area contributed by atoms with Crippen molar-refractivity contribution in [3.8, 4) is 0 Å². The lowest BCUT2D eigenvalue weighted by atomic mass is 10.2. The molecule has 31 heavy (non-hydrogen) atoms. The minimum absolute atomic E-state index is 0.279. The van der Waals surface area contributed by atoms with E-state index in [9.17, 15) is 4.79 Å². The summed E-state index contributed by atoms with van der Waals surface area (Å²) in [6.45, 7) is 5.79. The quantitative estimate of drug-likeness (QED) is 0.281. The van der Waals surface area contributed by atoms with Gasteiger partial charge in [-0.3, -0.25) is 15.6 Å². The molecule has 0 aliphatic rings. The molecule has 1 aromatic heterocycles. The van der Waals surface area contributed by atoms with Gasteiger partial charge in [0.2, 0.25) is 0 Å². The zero-order valence-electron chi connectivity index (χ0n) is 17.2. The van der Waals surface area contributed by atoms with Crippen LogP contribution in [0.5, 0.6) is 0 Å². The minimum atomic E-state index is -0.339. The molecule has 0 aliphatic carbocycles. The molecule has 7 nitrogen and oxygen atoms in total. The van der Waals surface area contributed by atoms with Crippen molar-refractivity contribution in [3.63, 3.8) is 0 Å². The van der Waals surface area contributed by atoms with Crippen molar-refractivity contribution in [1.82, 2.24) is 15.8 Å². The van der Waals surface area contributed by atoms with Crippen LogP contribution in [0.25, 0.3) is 0 Å². The van der Waals surface area contributed by atoms with Gasteiger partial charge in [-0.25, -0.2) is 4.98 Å². The van der Waals surface area contributed by atoms with Crippen LogP contribution in [-0.2, 0) is 0 Å². The predicted octanol–water partition coefficient (Wildman–Crippen LogP) is 4.51. The second-order valence-electron chi connectivity index (χ2n) is 6.78. The average Bonchev–Trinajstić information content (AvgIpc) is 3.09.